The molecule has 0 aromatic heterocycles. The molecular weight excluding hydrogens is 240 g/mol. The molecule has 1 amide bonds. The molecule has 1 aliphatic rings. The molecule has 1 aromatic carbocycles. The maximum atomic E-state index is 12.2. The Labute approximate surface area is 114 Å². The molecule has 1 aromatic rings. The van der Waals surface area contributed by atoms with Gasteiger partial charge in [-0.1, -0.05) is 37.3 Å². The Kier molecular flexibility index (Phi) is 4.43. The van der Waals surface area contributed by atoms with Crippen LogP contribution in [0.5, 0.6) is 0 Å². The summed E-state index contributed by atoms with van der Waals surface area (Å²) in [6.07, 6.45) is 2.62. The molecule has 1 saturated heterocycles. The minimum absolute atomic E-state index is 0.201. The molecule has 1 fully saturated rings. The molecule has 0 radical (unpaired) electrons. The summed E-state index contributed by atoms with van der Waals surface area (Å²) < 4.78 is 5.40. The highest BCUT2D eigenvalue weighted by Gasteiger charge is 2.41. The van der Waals surface area contributed by atoms with Gasteiger partial charge in [-0.3, -0.25) is 0 Å². The van der Waals surface area contributed by atoms with Crippen molar-refractivity contribution in [2.45, 2.75) is 38.3 Å². The largest absolute Gasteiger partial charge is 0.445 e. The zero-order valence-electron chi connectivity index (χ0n) is 11.5. The number of carbonyl (C=O) groups excluding carboxylic acids is 1. The second-order valence-electron chi connectivity index (χ2n) is 5.08. The van der Waals surface area contributed by atoms with E-state index in [1.165, 1.54) is 0 Å². The molecule has 1 aliphatic heterocycles. The van der Waals surface area contributed by atoms with Crippen LogP contribution in [0.15, 0.2) is 30.3 Å². The molecule has 19 heavy (non-hydrogen) atoms. The van der Waals surface area contributed by atoms with Crippen molar-refractivity contribution in [1.29, 1.82) is 0 Å². The van der Waals surface area contributed by atoms with Crippen LogP contribution < -0.4 is 5.73 Å². The lowest BCUT2D eigenvalue weighted by Gasteiger charge is -2.36. The fourth-order valence-electron chi connectivity index (χ4n) is 2.74. The molecule has 2 rings (SSSR count). The minimum atomic E-state index is -0.242. The van der Waals surface area contributed by atoms with E-state index in [1.807, 2.05) is 35.2 Å². The highest BCUT2D eigenvalue weighted by Crippen LogP contribution is 2.32. The van der Waals surface area contributed by atoms with Gasteiger partial charge < -0.3 is 15.4 Å². The van der Waals surface area contributed by atoms with E-state index in [0.717, 1.165) is 31.4 Å². The highest BCUT2D eigenvalue weighted by molar-refractivity contribution is 5.69. The van der Waals surface area contributed by atoms with Gasteiger partial charge in [0.1, 0.15) is 6.61 Å². The van der Waals surface area contributed by atoms with Crippen molar-refractivity contribution in [3.05, 3.63) is 35.9 Å². The van der Waals surface area contributed by atoms with E-state index in [0.29, 0.717) is 13.2 Å². The molecule has 1 unspecified atom stereocenters. The first-order chi connectivity index (χ1) is 9.22. The summed E-state index contributed by atoms with van der Waals surface area (Å²) in [7, 11) is 0. The Bertz CT molecular complexity index is 415. The molecule has 4 nitrogen and oxygen atoms in total. The summed E-state index contributed by atoms with van der Waals surface area (Å²) in [5, 5.41) is 0. The summed E-state index contributed by atoms with van der Waals surface area (Å²) >= 11 is 0. The van der Waals surface area contributed by atoms with Crippen LogP contribution >= 0.6 is 0 Å². The molecule has 0 aliphatic carbocycles. The second-order valence-corrected chi connectivity index (χ2v) is 5.08. The van der Waals surface area contributed by atoms with Gasteiger partial charge in [-0.25, -0.2) is 4.79 Å². The zero-order chi connectivity index (χ0) is 13.7. The van der Waals surface area contributed by atoms with Crippen molar-refractivity contribution in [3.63, 3.8) is 0 Å². The van der Waals surface area contributed by atoms with E-state index in [9.17, 15) is 4.79 Å². The van der Waals surface area contributed by atoms with Crippen molar-refractivity contribution in [2.75, 3.05) is 13.1 Å². The van der Waals surface area contributed by atoms with E-state index in [4.69, 9.17) is 10.5 Å². The van der Waals surface area contributed by atoms with Gasteiger partial charge in [0.25, 0.3) is 0 Å². The van der Waals surface area contributed by atoms with Gasteiger partial charge in [0.2, 0.25) is 0 Å². The Morgan fingerprint density at radius 2 is 2.16 bits per heavy atom. The SMILES string of the molecule is CCC1(CN)CCCN1C(=O)OCc1ccccc1. The number of ether oxygens (including phenoxy) is 1. The van der Waals surface area contributed by atoms with Crippen molar-refractivity contribution >= 4 is 6.09 Å². The van der Waals surface area contributed by atoms with E-state index < -0.39 is 0 Å². The predicted molar refractivity (Wildman–Crippen MR) is 74.6 cm³/mol. The van der Waals surface area contributed by atoms with Gasteiger partial charge >= 0.3 is 6.09 Å². The second kappa shape index (κ2) is 6.06. The molecule has 1 atom stereocenters. The maximum Gasteiger partial charge on any atom is 0.410 e. The number of nitrogens with zero attached hydrogens (tertiary/aromatic N) is 1. The van der Waals surface area contributed by atoms with E-state index in [-0.39, 0.29) is 11.6 Å². The van der Waals surface area contributed by atoms with Crippen molar-refractivity contribution in [1.82, 2.24) is 4.90 Å². The Morgan fingerprint density at radius 3 is 2.79 bits per heavy atom. The number of nitrogens with two attached hydrogens (primary N) is 1. The first-order valence-corrected chi connectivity index (χ1v) is 6.90. The number of amides is 1. The van der Waals surface area contributed by atoms with Crippen LogP contribution in [0.4, 0.5) is 4.79 Å². The zero-order valence-corrected chi connectivity index (χ0v) is 11.5. The smallest absolute Gasteiger partial charge is 0.410 e. The summed E-state index contributed by atoms with van der Waals surface area (Å²) in [5.41, 5.74) is 6.67. The van der Waals surface area contributed by atoms with Gasteiger partial charge in [-0.05, 0) is 24.8 Å². The predicted octanol–water partition coefficient (Wildman–Crippen LogP) is 2.53. The first-order valence-electron chi connectivity index (χ1n) is 6.90. The average molecular weight is 262 g/mol. The minimum Gasteiger partial charge on any atom is -0.445 e. The third-order valence-corrected chi connectivity index (χ3v) is 4.06. The molecule has 2 N–H and O–H groups in total. The number of likely N-dealkylation sites (tertiary alicyclic amines) is 1. The Balaban J connectivity index is 1.96. The number of rotatable bonds is 4. The Morgan fingerprint density at radius 1 is 1.42 bits per heavy atom. The van der Waals surface area contributed by atoms with Crippen LogP contribution in [0.1, 0.15) is 31.7 Å². The maximum absolute atomic E-state index is 12.2. The third kappa shape index (κ3) is 2.89. The fourth-order valence-corrected chi connectivity index (χ4v) is 2.74. The molecule has 104 valence electrons. The summed E-state index contributed by atoms with van der Waals surface area (Å²) in [6.45, 7) is 3.65. The van der Waals surface area contributed by atoms with E-state index in [2.05, 4.69) is 6.92 Å². The monoisotopic (exact) mass is 262 g/mol. The average Bonchev–Trinajstić information content (AvgIpc) is 2.90. The molecule has 4 heteroatoms. The van der Waals surface area contributed by atoms with Crippen LogP contribution in [0.3, 0.4) is 0 Å². The molecule has 0 saturated carbocycles. The number of hydrogen-bond donors (Lipinski definition) is 1. The van der Waals surface area contributed by atoms with Crippen molar-refractivity contribution in [2.24, 2.45) is 5.73 Å². The molecule has 1 heterocycles. The van der Waals surface area contributed by atoms with Gasteiger partial charge in [-0.15, -0.1) is 0 Å². The van der Waals surface area contributed by atoms with Crippen LogP contribution in [-0.4, -0.2) is 29.6 Å². The van der Waals surface area contributed by atoms with Crippen molar-refractivity contribution in [3.8, 4) is 0 Å². The highest BCUT2D eigenvalue weighted by atomic mass is 16.6. The number of benzene rings is 1. The van der Waals surface area contributed by atoms with Gasteiger partial charge in [-0.2, -0.15) is 0 Å². The van der Waals surface area contributed by atoms with Gasteiger partial charge in [0.15, 0.2) is 0 Å². The lowest BCUT2D eigenvalue weighted by atomic mass is 9.93. The lowest BCUT2D eigenvalue weighted by molar-refractivity contribution is 0.0655. The van der Waals surface area contributed by atoms with E-state index in [1.54, 1.807) is 0 Å². The summed E-state index contributed by atoms with van der Waals surface area (Å²) in [6, 6.07) is 9.73. The van der Waals surface area contributed by atoms with Crippen LogP contribution in [0.2, 0.25) is 0 Å². The molecule has 0 bridgehead atoms. The van der Waals surface area contributed by atoms with Crippen LogP contribution in [-0.2, 0) is 11.3 Å². The lowest BCUT2D eigenvalue weighted by Crippen LogP contribution is -2.52. The van der Waals surface area contributed by atoms with Crippen molar-refractivity contribution < 1.29 is 9.53 Å². The molecule has 0 spiro atoms. The Hall–Kier alpha value is -1.55. The fraction of sp³-hybridized carbons (Fsp3) is 0.533. The standard InChI is InChI=1S/C15H22N2O2/c1-2-15(12-16)9-6-10-17(15)14(18)19-11-13-7-4-3-5-8-13/h3-5,7-8H,2,6,9-12,16H2,1H3. The summed E-state index contributed by atoms with van der Waals surface area (Å²) in [4.78, 5) is 14.0. The topological polar surface area (TPSA) is 55.6 Å². The van der Waals surface area contributed by atoms with Gasteiger partial charge in [0, 0.05) is 13.1 Å². The normalized spacial score (nSPS) is 22.5. The first kappa shape index (κ1) is 13.9. The third-order valence-electron chi connectivity index (χ3n) is 4.06. The molecular formula is C15H22N2O2. The van der Waals surface area contributed by atoms with E-state index >= 15 is 0 Å². The van der Waals surface area contributed by atoms with Gasteiger partial charge in [0.05, 0.1) is 5.54 Å². The number of hydrogen-bond acceptors (Lipinski definition) is 3. The van der Waals surface area contributed by atoms with Crippen LogP contribution in [0.25, 0.3) is 0 Å². The number of carbonyl (C=O) groups is 1. The van der Waals surface area contributed by atoms with Crippen LogP contribution in [0, 0.1) is 0 Å². The summed E-state index contributed by atoms with van der Waals surface area (Å²) in [5.74, 6) is 0. The quantitative estimate of drug-likeness (QED) is 0.907.